The minimum Gasteiger partial charge on any atom is -0.464 e. The molecule has 2 rings (SSSR count). The van der Waals surface area contributed by atoms with Crippen LogP contribution in [0.3, 0.4) is 0 Å². The highest BCUT2D eigenvalue weighted by Crippen LogP contribution is 2.21. The van der Waals surface area contributed by atoms with E-state index in [1.165, 1.54) is 13.3 Å². The Bertz CT molecular complexity index is 438. The van der Waals surface area contributed by atoms with Gasteiger partial charge in [0.2, 0.25) is 0 Å². The van der Waals surface area contributed by atoms with E-state index in [0.29, 0.717) is 12.4 Å². The van der Waals surface area contributed by atoms with Crippen LogP contribution in [0, 0.1) is 5.92 Å². The molecule has 2 atom stereocenters. The van der Waals surface area contributed by atoms with Crippen molar-refractivity contribution in [3.8, 4) is 0 Å². The predicted octanol–water partition coefficient (Wildman–Crippen LogP) is 0.470. The van der Waals surface area contributed by atoms with E-state index >= 15 is 0 Å². The smallest absolute Gasteiger partial charge is 0.358 e. The number of carbonyl (C=O) groups is 1. The fourth-order valence-corrected chi connectivity index (χ4v) is 1.97. The zero-order valence-electron chi connectivity index (χ0n) is 10.5. The highest BCUT2D eigenvalue weighted by molar-refractivity contribution is 5.87. The van der Waals surface area contributed by atoms with Gasteiger partial charge in [0.1, 0.15) is 5.82 Å². The number of ether oxygens (including phenoxy) is 1. The molecular weight excluding hydrogens is 234 g/mol. The summed E-state index contributed by atoms with van der Waals surface area (Å²) in [7, 11) is 1.31. The number of anilines is 1. The first-order chi connectivity index (χ1) is 8.61. The SMILES string of the molecule is COC(=O)c1cncc(N2CCC(C)C(O)C2)n1. The third-order valence-corrected chi connectivity index (χ3v) is 3.26. The predicted molar refractivity (Wildman–Crippen MR) is 65.4 cm³/mol. The minimum atomic E-state index is -0.504. The molecule has 0 aromatic carbocycles. The molecule has 0 bridgehead atoms. The van der Waals surface area contributed by atoms with Gasteiger partial charge in [0.15, 0.2) is 5.69 Å². The first kappa shape index (κ1) is 12.8. The number of hydrogen-bond donors (Lipinski definition) is 1. The molecule has 18 heavy (non-hydrogen) atoms. The summed E-state index contributed by atoms with van der Waals surface area (Å²) in [5.41, 5.74) is 0.183. The Balaban J connectivity index is 2.16. The number of aliphatic hydroxyl groups is 1. The number of β-amino-alcohol motifs (C(OH)–C–C–N with tert-alkyl or cyclic N) is 1. The number of methoxy groups -OCH3 is 1. The molecule has 1 aliphatic heterocycles. The van der Waals surface area contributed by atoms with E-state index in [-0.39, 0.29) is 17.7 Å². The van der Waals surface area contributed by atoms with Crippen molar-refractivity contribution in [1.29, 1.82) is 0 Å². The molecule has 0 spiro atoms. The largest absolute Gasteiger partial charge is 0.464 e. The van der Waals surface area contributed by atoms with Crippen LogP contribution in [0.4, 0.5) is 5.82 Å². The van der Waals surface area contributed by atoms with Gasteiger partial charge in [-0.15, -0.1) is 0 Å². The van der Waals surface area contributed by atoms with Crippen molar-refractivity contribution in [3.63, 3.8) is 0 Å². The monoisotopic (exact) mass is 251 g/mol. The van der Waals surface area contributed by atoms with Gasteiger partial charge in [-0.2, -0.15) is 0 Å². The Morgan fingerprint density at radius 1 is 1.56 bits per heavy atom. The lowest BCUT2D eigenvalue weighted by molar-refractivity contribution is 0.0593. The molecule has 0 radical (unpaired) electrons. The molecule has 98 valence electrons. The summed E-state index contributed by atoms with van der Waals surface area (Å²) in [5.74, 6) is 0.386. The Morgan fingerprint density at radius 2 is 2.33 bits per heavy atom. The molecule has 1 N–H and O–H groups in total. The molecule has 1 saturated heterocycles. The van der Waals surface area contributed by atoms with Crippen molar-refractivity contribution < 1.29 is 14.6 Å². The molecule has 6 heteroatoms. The molecule has 0 saturated carbocycles. The van der Waals surface area contributed by atoms with Crippen molar-refractivity contribution >= 4 is 11.8 Å². The minimum absolute atomic E-state index is 0.183. The molecule has 0 aliphatic carbocycles. The summed E-state index contributed by atoms with van der Waals surface area (Å²) in [6, 6.07) is 0. The maximum atomic E-state index is 11.4. The van der Waals surface area contributed by atoms with Crippen LogP contribution in [-0.4, -0.2) is 47.3 Å². The molecule has 2 unspecified atom stereocenters. The van der Waals surface area contributed by atoms with Gasteiger partial charge in [-0.3, -0.25) is 4.98 Å². The van der Waals surface area contributed by atoms with Crippen LogP contribution < -0.4 is 4.90 Å². The van der Waals surface area contributed by atoms with Crippen LogP contribution in [0.25, 0.3) is 0 Å². The average Bonchev–Trinajstić information content (AvgIpc) is 2.41. The van der Waals surface area contributed by atoms with Gasteiger partial charge in [0, 0.05) is 13.1 Å². The lowest BCUT2D eigenvalue weighted by Gasteiger charge is -2.34. The second-order valence-corrected chi connectivity index (χ2v) is 4.53. The standard InChI is InChI=1S/C12H17N3O3/c1-8-3-4-15(7-10(8)16)11-6-13-5-9(14-11)12(17)18-2/h5-6,8,10,16H,3-4,7H2,1-2H3. The fourth-order valence-electron chi connectivity index (χ4n) is 1.97. The summed E-state index contributed by atoms with van der Waals surface area (Å²) in [6.45, 7) is 3.34. The van der Waals surface area contributed by atoms with E-state index < -0.39 is 5.97 Å². The molecule has 1 fully saturated rings. The number of aromatic nitrogens is 2. The summed E-state index contributed by atoms with van der Waals surface area (Å²) >= 11 is 0. The number of piperidine rings is 1. The number of nitrogens with zero attached hydrogens (tertiary/aromatic N) is 3. The second kappa shape index (κ2) is 5.30. The third-order valence-electron chi connectivity index (χ3n) is 3.26. The van der Waals surface area contributed by atoms with E-state index in [0.717, 1.165) is 13.0 Å². The number of esters is 1. The Morgan fingerprint density at radius 3 is 3.00 bits per heavy atom. The number of rotatable bonds is 2. The maximum absolute atomic E-state index is 11.4. The maximum Gasteiger partial charge on any atom is 0.358 e. The highest BCUT2D eigenvalue weighted by atomic mass is 16.5. The van der Waals surface area contributed by atoms with Gasteiger partial charge in [0.05, 0.1) is 25.6 Å². The molecule has 0 amide bonds. The Kier molecular flexibility index (Phi) is 3.76. The van der Waals surface area contributed by atoms with E-state index in [4.69, 9.17) is 0 Å². The zero-order valence-corrected chi connectivity index (χ0v) is 10.5. The van der Waals surface area contributed by atoms with Gasteiger partial charge >= 0.3 is 5.97 Å². The van der Waals surface area contributed by atoms with Crippen LogP contribution in [0.1, 0.15) is 23.8 Å². The van der Waals surface area contributed by atoms with Crippen LogP contribution in [-0.2, 0) is 4.74 Å². The molecule has 1 aromatic rings. The lowest BCUT2D eigenvalue weighted by atomic mass is 9.96. The van der Waals surface area contributed by atoms with Crippen molar-refractivity contribution in [2.45, 2.75) is 19.4 Å². The number of hydrogen-bond acceptors (Lipinski definition) is 6. The molecule has 2 heterocycles. The average molecular weight is 251 g/mol. The molecular formula is C12H17N3O3. The fraction of sp³-hybridized carbons (Fsp3) is 0.583. The van der Waals surface area contributed by atoms with Gasteiger partial charge in [-0.25, -0.2) is 9.78 Å². The summed E-state index contributed by atoms with van der Waals surface area (Å²) in [5, 5.41) is 9.85. The van der Waals surface area contributed by atoms with Gasteiger partial charge in [0.25, 0.3) is 0 Å². The van der Waals surface area contributed by atoms with Crippen LogP contribution in [0.15, 0.2) is 12.4 Å². The van der Waals surface area contributed by atoms with Crippen LogP contribution in [0.2, 0.25) is 0 Å². The van der Waals surface area contributed by atoms with Gasteiger partial charge in [-0.05, 0) is 12.3 Å². The van der Waals surface area contributed by atoms with Crippen molar-refractivity contribution in [2.75, 3.05) is 25.1 Å². The van der Waals surface area contributed by atoms with Crippen LogP contribution in [0.5, 0.6) is 0 Å². The van der Waals surface area contributed by atoms with E-state index in [9.17, 15) is 9.90 Å². The van der Waals surface area contributed by atoms with E-state index in [1.807, 2.05) is 11.8 Å². The van der Waals surface area contributed by atoms with Crippen molar-refractivity contribution in [2.24, 2.45) is 5.92 Å². The summed E-state index contributed by atoms with van der Waals surface area (Å²) in [6.07, 6.45) is 3.49. The van der Waals surface area contributed by atoms with Gasteiger partial charge < -0.3 is 14.7 Å². The number of aliphatic hydroxyl groups excluding tert-OH is 1. The number of carbonyl (C=O) groups excluding carboxylic acids is 1. The third kappa shape index (κ3) is 2.59. The van der Waals surface area contributed by atoms with Crippen LogP contribution >= 0.6 is 0 Å². The summed E-state index contributed by atoms with van der Waals surface area (Å²) in [4.78, 5) is 21.5. The zero-order chi connectivity index (χ0) is 13.1. The Hall–Kier alpha value is -1.69. The molecule has 1 aliphatic rings. The van der Waals surface area contributed by atoms with E-state index in [1.54, 1.807) is 6.20 Å². The van der Waals surface area contributed by atoms with Crippen molar-refractivity contribution in [1.82, 2.24) is 9.97 Å². The topological polar surface area (TPSA) is 75.5 Å². The molecule has 6 nitrogen and oxygen atoms in total. The lowest BCUT2D eigenvalue weighted by Crippen LogP contribution is -2.43. The first-order valence-corrected chi connectivity index (χ1v) is 5.95. The Labute approximate surface area is 106 Å². The second-order valence-electron chi connectivity index (χ2n) is 4.53. The van der Waals surface area contributed by atoms with E-state index in [2.05, 4.69) is 14.7 Å². The normalized spacial score (nSPS) is 23.8. The summed E-state index contributed by atoms with van der Waals surface area (Å²) < 4.78 is 4.61. The highest BCUT2D eigenvalue weighted by Gasteiger charge is 2.25. The molecule has 1 aromatic heterocycles. The first-order valence-electron chi connectivity index (χ1n) is 5.95. The van der Waals surface area contributed by atoms with Gasteiger partial charge in [-0.1, -0.05) is 6.92 Å². The van der Waals surface area contributed by atoms with Crippen molar-refractivity contribution in [3.05, 3.63) is 18.1 Å². The quantitative estimate of drug-likeness (QED) is 0.770.